The van der Waals surface area contributed by atoms with Gasteiger partial charge in [-0.1, -0.05) is 11.8 Å². The van der Waals surface area contributed by atoms with Crippen LogP contribution in [0.15, 0.2) is 17.6 Å². The molecule has 4 nitrogen and oxygen atoms in total. The van der Waals surface area contributed by atoms with Crippen LogP contribution < -0.4 is 0 Å². The molecule has 0 N–H and O–H groups in total. The van der Waals surface area contributed by atoms with Gasteiger partial charge in [-0.25, -0.2) is 4.98 Å². The molecule has 0 saturated heterocycles. The number of aromatic nitrogens is 2. The molecule has 1 unspecified atom stereocenters. The first-order valence-corrected chi connectivity index (χ1v) is 6.40. The van der Waals surface area contributed by atoms with E-state index >= 15 is 0 Å². The minimum atomic E-state index is -0.0824. The van der Waals surface area contributed by atoms with Crippen molar-refractivity contribution in [2.45, 2.75) is 31.2 Å². The van der Waals surface area contributed by atoms with Gasteiger partial charge in [0.2, 0.25) is 5.91 Å². The third kappa shape index (κ3) is 3.01. The lowest BCUT2D eigenvalue weighted by Gasteiger charge is -2.22. The maximum atomic E-state index is 12.0. The van der Waals surface area contributed by atoms with Crippen LogP contribution in [0, 0.1) is 0 Å². The molecular weight excluding hydrogens is 222 g/mol. The van der Waals surface area contributed by atoms with Crippen LogP contribution in [0.5, 0.6) is 0 Å². The van der Waals surface area contributed by atoms with E-state index in [9.17, 15) is 4.79 Å². The summed E-state index contributed by atoms with van der Waals surface area (Å²) in [5.41, 5.74) is 0. The lowest BCUT2D eigenvalue weighted by atomic mass is 10.4. The van der Waals surface area contributed by atoms with Gasteiger partial charge in [-0.3, -0.25) is 4.79 Å². The number of carbonyl (C=O) groups excluding carboxylic acids is 1. The maximum absolute atomic E-state index is 12.0. The first-order chi connectivity index (χ1) is 7.60. The van der Waals surface area contributed by atoms with Crippen LogP contribution in [0.1, 0.15) is 20.8 Å². The third-order valence-electron chi connectivity index (χ3n) is 2.48. The van der Waals surface area contributed by atoms with Gasteiger partial charge in [0.05, 0.1) is 5.25 Å². The van der Waals surface area contributed by atoms with E-state index in [-0.39, 0.29) is 11.2 Å². The molecule has 1 heterocycles. The number of hydrogen-bond acceptors (Lipinski definition) is 3. The molecular formula is C11H19N3OS. The third-order valence-corrected chi connectivity index (χ3v) is 3.64. The number of rotatable bonds is 5. The van der Waals surface area contributed by atoms with Crippen molar-refractivity contribution < 1.29 is 4.79 Å². The molecule has 0 fully saturated rings. The summed E-state index contributed by atoms with van der Waals surface area (Å²) in [4.78, 5) is 18.1. The average Bonchev–Trinajstić information content (AvgIpc) is 2.66. The first kappa shape index (κ1) is 13.1. The van der Waals surface area contributed by atoms with Crippen molar-refractivity contribution >= 4 is 17.7 Å². The Balaban J connectivity index is 2.62. The molecule has 1 aromatic rings. The Morgan fingerprint density at radius 3 is 2.62 bits per heavy atom. The van der Waals surface area contributed by atoms with Crippen LogP contribution in [0.4, 0.5) is 0 Å². The SMILES string of the molecule is CCN(CC)C(=O)C(C)Sc1nccn1C. The minimum Gasteiger partial charge on any atom is -0.342 e. The van der Waals surface area contributed by atoms with E-state index in [1.54, 1.807) is 6.20 Å². The standard InChI is InChI=1S/C11H19N3OS/c1-5-14(6-2)10(15)9(3)16-11-12-7-8-13(11)4/h7-9H,5-6H2,1-4H3. The molecule has 1 rings (SSSR count). The van der Waals surface area contributed by atoms with Gasteiger partial charge >= 0.3 is 0 Å². The molecule has 0 radical (unpaired) electrons. The molecule has 0 aliphatic carbocycles. The Hall–Kier alpha value is -0.970. The van der Waals surface area contributed by atoms with Crippen molar-refractivity contribution in [3.8, 4) is 0 Å². The highest BCUT2D eigenvalue weighted by molar-refractivity contribution is 8.00. The molecule has 16 heavy (non-hydrogen) atoms. The number of imidazole rings is 1. The van der Waals surface area contributed by atoms with Gasteiger partial charge in [0.15, 0.2) is 5.16 Å². The number of hydrogen-bond donors (Lipinski definition) is 0. The summed E-state index contributed by atoms with van der Waals surface area (Å²) in [6.07, 6.45) is 3.63. The molecule has 1 amide bonds. The topological polar surface area (TPSA) is 38.1 Å². The van der Waals surface area contributed by atoms with Gasteiger partial charge in [-0.2, -0.15) is 0 Å². The number of carbonyl (C=O) groups is 1. The van der Waals surface area contributed by atoms with Crippen molar-refractivity contribution in [2.24, 2.45) is 7.05 Å². The van der Waals surface area contributed by atoms with Gasteiger partial charge in [0.25, 0.3) is 0 Å². The smallest absolute Gasteiger partial charge is 0.235 e. The van der Waals surface area contributed by atoms with Crippen molar-refractivity contribution in [3.05, 3.63) is 12.4 Å². The van der Waals surface area contributed by atoms with Gasteiger partial charge in [-0.05, 0) is 20.8 Å². The van der Waals surface area contributed by atoms with Gasteiger partial charge < -0.3 is 9.47 Å². The molecule has 0 saturated carbocycles. The van der Waals surface area contributed by atoms with Crippen molar-refractivity contribution in [3.63, 3.8) is 0 Å². The van der Waals surface area contributed by atoms with E-state index < -0.39 is 0 Å². The van der Waals surface area contributed by atoms with Crippen molar-refractivity contribution in [2.75, 3.05) is 13.1 Å². The summed E-state index contributed by atoms with van der Waals surface area (Å²) in [5.74, 6) is 0.179. The van der Waals surface area contributed by atoms with E-state index in [1.165, 1.54) is 11.8 Å². The Morgan fingerprint density at radius 1 is 1.56 bits per heavy atom. The second-order valence-corrected chi connectivity index (χ2v) is 4.90. The molecule has 0 bridgehead atoms. The van der Waals surface area contributed by atoms with Crippen molar-refractivity contribution in [1.29, 1.82) is 0 Å². The quantitative estimate of drug-likeness (QED) is 0.737. The summed E-state index contributed by atoms with van der Waals surface area (Å²) in [7, 11) is 1.93. The summed E-state index contributed by atoms with van der Waals surface area (Å²) in [6, 6.07) is 0. The van der Waals surface area contributed by atoms with E-state index in [0.717, 1.165) is 18.2 Å². The summed E-state index contributed by atoms with van der Waals surface area (Å²) in [6.45, 7) is 7.46. The average molecular weight is 241 g/mol. The molecule has 0 spiro atoms. The fraction of sp³-hybridized carbons (Fsp3) is 0.636. The largest absolute Gasteiger partial charge is 0.342 e. The Kier molecular flexibility index (Phi) is 4.86. The van der Waals surface area contributed by atoms with Crippen LogP contribution >= 0.6 is 11.8 Å². The minimum absolute atomic E-state index is 0.0824. The lowest BCUT2D eigenvalue weighted by molar-refractivity contribution is -0.129. The van der Waals surface area contributed by atoms with Gasteiger partial charge in [0, 0.05) is 32.5 Å². The normalized spacial score (nSPS) is 12.5. The second kappa shape index (κ2) is 5.94. The number of amides is 1. The number of nitrogens with zero attached hydrogens (tertiary/aromatic N) is 3. The number of aryl methyl sites for hydroxylation is 1. The van der Waals surface area contributed by atoms with Gasteiger partial charge in [-0.15, -0.1) is 0 Å². The lowest BCUT2D eigenvalue weighted by Crippen LogP contribution is -2.36. The molecule has 0 aliphatic heterocycles. The zero-order chi connectivity index (χ0) is 12.1. The second-order valence-electron chi connectivity index (χ2n) is 3.59. The highest BCUT2D eigenvalue weighted by Crippen LogP contribution is 2.22. The zero-order valence-corrected chi connectivity index (χ0v) is 11.1. The number of thioether (sulfide) groups is 1. The fourth-order valence-corrected chi connectivity index (χ4v) is 2.38. The van der Waals surface area contributed by atoms with Crippen LogP contribution in [-0.4, -0.2) is 38.7 Å². The molecule has 90 valence electrons. The van der Waals surface area contributed by atoms with Crippen LogP contribution in [0.25, 0.3) is 0 Å². The monoisotopic (exact) mass is 241 g/mol. The van der Waals surface area contributed by atoms with E-state index in [0.29, 0.717) is 0 Å². The van der Waals surface area contributed by atoms with Gasteiger partial charge in [0.1, 0.15) is 0 Å². The maximum Gasteiger partial charge on any atom is 0.235 e. The van der Waals surface area contributed by atoms with E-state index in [1.807, 2.05) is 43.5 Å². The Labute approximate surface area is 101 Å². The zero-order valence-electron chi connectivity index (χ0n) is 10.3. The molecule has 0 aliphatic rings. The predicted octanol–water partition coefficient (Wildman–Crippen LogP) is 1.77. The fourth-order valence-electron chi connectivity index (χ4n) is 1.47. The molecule has 1 atom stereocenters. The highest BCUT2D eigenvalue weighted by atomic mass is 32.2. The Morgan fingerprint density at radius 2 is 2.19 bits per heavy atom. The summed E-state index contributed by atoms with van der Waals surface area (Å²) >= 11 is 1.50. The van der Waals surface area contributed by atoms with E-state index in [4.69, 9.17) is 0 Å². The molecule has 1 aromatic heterocycles. The summed E-state index contributed by atoms with van der Waals surface area (Å²) < 4.78 is 1.93. The highest BCUT2D eigenvalue weighted by Gasteiger charge is 2.20. The molecule has 0 aromatic carbocycles. The van der Waals surface area contributed by atoms with E-state index in [2.05, 4.69) is 4.98 Å². The van der Waals surface area contributed by atoms with Crippen LogP contribution in [-0.2, 0) is 11.8 Å². The summed E-state index contributed by atoms with van der Waals surface area (Å²) in [5, 5.41) is 0.800. The Bertz CT molecular complexity index is 347. The molecule has 5 heteroatoms. The predicted molar refractivity (Wildman–Crippen MR) is 66.5 cm³/mol. The first-order valence-electron chi connectivity index (χ1n) is 5.52. The van der Waals surface area contributed by atoms with Crippen LogP contribution in [0.2, 0.25) is 0 Å². The van der Waals surface area contributed by atoms with Crippen LogP contribution in [0.3, 0.4) is 0 Å². The van der Waals surface area contributed by atoms with Crippen molar-refractivity contribution in [1.82, 2.24) is 14.5 Å².